The maximum absolute atomic E-state index is 11.6. The van der Waals surface area contributed by atoms with Gasteiger partial charge in [0.15, 0.2) is 5.96 Å². The highest BCUT2D eigenvalue weighted by atomic mass is 127. The van der Waals surface area contributed by atoms with E-state index in [0.29, 0.717) is 32.3 Å². The highest BCUT2D eigenvalue weighted by molar-refractivity contribution is 14.0. The number of hydrogen-bond donors (Lipinski definition) is 3. The number of guanidine groups is 1. The van der Waals surface area contributed by atoms with E-state index < -0.39 is 0 Å². The van der Waals surface area contributed by atoms with Crippen molar-refractivity contribution in [1.82, 2.24) is 16.0 Å². The summed E-state index contributed by atoms with van der Waals surface area (Å²) in [6, 6.07) is 7.73. The normalized spacial score (nSPS) is 10.4. The zero-order valence-corrected chi connectivity index (χ0v) is 17.0. The van der Waals surface area contributed by atoms with Crippen molar-refractivity contribution in [3.63, 3.8) is 0 Å². The summed E-state index contributed by atoms with van der Waals surface area (Å²) in [6.45, 7) is 5.73. The molecule has 1 aromatic carbocycles. The van der Waals surface area contributed by atoms with Crippen LogP contribution in [-0.4, -0.2) is 52.3 Å². The molecule has 25 heavy (non-hydrogen) atoms. The fourth-order valence-electron chi connectivity index (χ4n) is 1.86. The Labute approximate surface area is 166 Å². The lowest BCUT2D eigenvalue weighted by Gasteiger charge is -2.14. The van der Waals surface area contributed by atoms with Crippen LogP contribution in [0.5, 0.6) is 5.75 Å². The van der Waals surface area contributed by atoms with E-state index >= 15 is 0 Å². The summed E-state index contributed by atoms with van der Waals surface area (Å²) in [4.78, 5) is 15.7. The summed E-state index contributed by atoms with van der Waals surface area (Å²) in [5.41, 5.74) is 0.992. The van der Waals surface area contributed by atoms with Crippen LogP contribution < -0.4 is 20.7 Å². The molecule has 140 valence electrons. The van der Waals surface area contributed by atoms with E-state index in [1.54, 1.807) is 20.2 Å². The number of carbonyl (C=O) groups is 1. The van der Waals surface area contributed by atoms with Gasteiger partial charge in [-0.1, -0.05) is 30.9 Å². The zero-order valence-electron chi connectivity index (χ0n) is 14.7. The monoisotopic (exact) mass is 462 g/mol. The number of hydrogen-bond acceptors (Lipinski definition) is 4. The topological polar surface area (TPSA) is 84.0 Å². The van der Waals surface area contributed by atoms with Gasteiger partial charge >= 0.3 is 0 Å². The van der Waals surface area contributed by atoms with Crippen LogP contribution in [0.1, 0.15) is 5.56 Å². The van der Waals surface area contributed by atoms with Gasteiger partial charge in [0.05, 0.1) is 13.2 Å². The Morgan fingerprint density at radius 2 is 2.04 bits per heavy atom. The van der Waals surface area contributed by atoms with Crippen LogP contribution in [0.4, 0.5) is 0 Å². The second kappa shape index (κ2) is 14.5. The van der Waals surface area contributed by atoms with Crippen molar-refractivity contribution in [2.75, 3.05) is 40.5 Å². The summed E-state index contributed by atoms with van der Waals surface area (Å²) in [5, 5.41) is 8.84. The van der Waals surface area contributed by atoms with Crippen LogP contribution in [0, 0.1) is 0 Å². The molecule has 0 aliphatic heterocycles. The Bertz CT molecular complexity index is 552. The average molecular weight is 462 g/mol. The summed E-state index contributed by atoms with van der Waals surface area (Å²) in [6.07, 6.45) is 1.70. The van der Waals surface area contributed by atoms with Crippen LogP contribution in [0.15, 0.2) is 41.9 Å². The first-order chi connectivity index (χ1) is 11.7. The Kier molecular flexibility index (Phi) is 13.5. The highest BCUT2D eigenvalue weighted by Gasteiger charge is 2.06. The van der Waals surface area contributed by atoms with E-state index in [0.717, 1.165) is 11.3 Å². The molecule has 7 nitrogen and oxygen atoms in total. The molecule has 0 fully saturated rings. The van der Waals surface area contributed by atoms with Gasteiger partial charge in [0, 0.05) is 32.8 Å². The first-order valence-electron chi connectivity index (χ1n) is 7.73. The van der Waals surface area contributed by atoms with Crippen molar-refractivity contribution in [3.8, 4) is 5.75 Å². The molecule has 0 unspecified atom stereocenters. The van der Waals surface area contributed by atoms with Crippen LogP contribution >= 0.6 is 24.0 Å². The van der Waals surface area contributed by atoms with E-state index in [1.807, 2.05) is 24.3 Å². The van der Waals surface area contributed by atoms with E-state index in [1.165, 1.54) is 0 Å². The molecule has 3 N–H and O–H groups in total. The number of carbonyl (C=O) groups excluding carboxylic acids is 1. The zero-order chi connectivity index (χ0) is 17.6. The number of nitrogens with one attached hydrogen (secondary N) is 3. The summed E-state index contributed by atoms with van der Waals surface area (Å²) < 4.78 is 10.5. The van der Waals surface area contributed by atoms with Crippen LogP contribution in [0.25, 0.3) is 0 Å². The van der Waals surface area contributed by atoms with Gasteiger partial charge in [-0.15, -0.1) is 24.0 Å². The van der Waals surface area contributed by atoms with E-state index in [-0.39, 0.29) is 36.4 Å². The molecule has 0 heterocycles. The molecule has 0 spiro atoms. The Morgan fingerprint density at radius 1 is 1.28 bits per heavy atom. The van der Waals surface area contributed by atoms with Gasteiger partial charge in [0.2, 0.25) is 5.91 Å². The van der Waals surface area contributed by atoms with Gasteiger partial charge in [-0.2, -0.15) is 0 Å². The van der Waals surface area contributed by atoms with Gasteiger partial charge in [-0.05, 0) is 6.07 Å². The number of aliphatic imine (C=N–C) groups is 1. The molecule has 1 rings (SSSR count). The smallest absolute Gasteiger partial charge is 0.239 e. The van der Waals surface area contributed by atoms with Crippen molar-refractivity contribution in [2.24, 2.45) is 4.99 Å². The number of benzene rings is 1. The first-order valence-corrected chi connectivity index (χ1v) is 7.73. The molecule has 0 aromatic heterocycles. The second-order valence-electron chi connectivity index (χ2n) is 4.83. The molecule has 1 amide bonds. The summed E-state index contributed by atoms with van der Waals surface area (Å²) >= 11 is 0. The number of para-hydroxylation sites is 1. The lowest BCUT2D eigenvalue weighted by molar-refractivity contribution is -0.120. The number of methoxy groups -OCH3 is 1. The third kappa shape index (κ3) is 9.92. The predicted octanol–water partition coefficient (Wildman–Crippen LogP) is 1.30. The maximum atomic E-state index is 11.6. The molecule has 8 heteroatoms. The molecular weight excluding hydrogens is 435 g/mol. The third-order valence-corrected chi connectivity index (χ3v) is 3.04. The van der Waals surface area contributed by atoms with Crippen molar-refractivity contribution in [2.45, 2.75) is 6.54 Å². The molecule has 0 aliphatic rings. The molecule has 0 radical (unpaired) electrons. The van der Waals surface area contributed by atoms with E-state index in [9.17, 15) is 4.79 Å². The predicted molar refractivity (Wildman–Crippen MR) is 111 cm³/mol. The lowest BCUT2D eigenvalue weighted by Crippen LogP contribution is -2.43. The van der Waals surface area contributed by atoms with Crippen molar-refractivity contribution in [1.29, 1.82) is 0 Å². The minimum Gasteiger partial charge on any atom is -0.489 e. The number of nitrogens with zero attached hydrogens (tertiary/aromatic N) is 1. The molecule has 0 saturated heterocycles. The number of halogens is 1. The minimum absolute atomic E-state index is 0. The third-order valence-electron chi connectivity index (χ3n) is 3.04. The van der Waals surface area contributed by atoms with Crippen molar-refractivity contribution in [3.05, 3.63) is 42.5 Å². The van der Waals surface area contributed by atoms with Crippen LogP contribution in [-0.2, 0) is 16.1 Å². The molecule has 0 saturated carbocycles. The molecule has 1 aromatic rings. The Balaban J connectivity index is 0.00000576. The quantitative estimate of drug-likeness (QED) is 0.161. The SMILES string of the molecule is C=CCOc1ccccc1CNC(=NC)NCC(=O)NCCOC.I. The first kappa shape index (κ1) is 23.2. The van der Waals surface area contributed by atoms with E-state index in [4.69, 9.17) is 9.47 Å². The Morgan fingerprint density at radius 3 is 2.72 bits per heavy atom. The lowest BCUT2D eigenvalue weighted by atomic mass is 10.2. The minimum atomic E-state index is -0.121. The molecule has 0 bridgehead atoms. The van der Waals surface area contributed by atoms with Crippen LogP contribution in [0.2, 0.25) is 0 Å². The van der Waals surface area contributed by atoms with Gasteiger partial charge in [0.25, 0.3) is 0 Å². The Hall–Kier alpha value is -1.81. The van der Waals surface area contributed by atoms with Crippen molar-refractivity contribution >= 4 is 35.8 Å². The number of rotatable bonds is 10. The summed E-state index contributed by atoms with van der Waals surface area (Å²) in [7, 11) is 3.24. The molecule has 0 atom stereocenters. The van der Waals surface area contributed by atoms with Gasteiger partial charge < -0.3 is 25.4 Å². The fourth-order valence-corrected chi connectivity index (χ4v) is 1.86. The standard InChI is InChI=1S/C17H26N4O3.HI/c1-4-10-24-15-8-6-5-7-14(15)12-20-17(18-2)21-13-16(22)19-9-11-23-3;/h4-8H,1,9-13H2,2-3H3,(H,19,22)(H2,18,20,21);1H. The molecular formula is C17H27IN4O3. The average Bonchev–Trinajstić information content (AvgIpc) is 2.61. The van der Waals surface area contributed by atoms with Gasteiger partial charge in [-0.25, -0.2) is 0 Å². The molecule has 0 aliphatic carbocycles. The van der Waals surface area contributed by atoms with Crippen LogP contribution in [0.3, 0.4) is 0 Å². The fraction of sp³-hybridized carbons (Fsp3) is 0.412. The number of ether oxygens (including phenoxy) is 2. The van der Waals surface area contributed by atoms with Crippen molar-refractivity contribution < 1.29 is 14.3 Å². The van der Waals surface area contributed by atoms with Gasteiger partial charge in [-0.3, -0.25) is 9.79 Å². The maximum Gasteiger partial charge on any atom is 0.239 e. The highest BCUT2D eigenvalue weighted by Crippen LogP contribution is 2.17. The number of amides is 1. The summed E-state index contributed by atoms with van der Waals surface area (Å²) in [5.74, 6) is 1.21. The second-order valence-corrected chi connectivity index (χ2v) is 4.83. The van der Waals surface area contributed by atoms with Gasteiger partial charge in [0.1, 0.15) is 12.4 Å². The largest absolute Gasteiger partial charge is 0.489 e. The van der Waals surface area contributed by atoms with E-state index in [2.05, 4.69) is 27.5 Å².